The monoisotopic (exact) mass is 322 g/mol. The minimum absolute atomic E-state index is 0.202. The number of carbonyl (C=O) groups excluding carboxylic acids is 1. The first-order valence-corrected chi connectivity index (χ1v) is 7.53. The summed E-state index contributed by atoms with van der Waals surface area (Å²) in [5.41, 5.74) is 1.00. The summed E-state index contributed by atoms with van der Waals surface area (Å²) in [6.45, 7) is 1.81. The highest BCUT2D eigenvalue weighted by molar-refractivity contribution is 7.12. The maximum Gasteiger partial charge on any atom is 0.223 e. The zero-order chi connectivity index (χ0) is 15.9. The van der Waals surface area contributed by atoms with Crippen molar-refractivity contribution >= 4 is 28.0 Å². The molecule has 2 aromatic heterocycles. The Kier molecular flexibility index (Phi) is 3.76. The van der Waals surface area contributed by atoms with Gasteiger partial charge in [0.15, 0.2) is 16.6 Å². The quantitative estimate of drug-likeness (QED) is 0.722. The topological polar surface area (TPSA) is 66.0 Å². The molecule has 0 aliphatic carbocycles. The van der Waals surface area contributed by atoms with E-state index in [9.17, 15) is 18.7 Å². The van der Waals surface area contributed by atoms with Crippen LogP contribution in [-0.4, -0.2) is 20.9 Å². The number of rotatable bonds is 4. The zero-order valence-electron chi connectivity index (χ0n) is 11.6. The number of H-pyrrole nitrogens is 1. The van der Waals surface area contributed by atoms with Gasteiger partial charge in [-0.15, -0.1) is 11.3 Å². The Morgan fingerprint density at radius 3 is 2.86 bits per heavy atom. The number of nitrogens with one attached hydrogen (secondary N) is 1. The number of ketones is 1. The minimum atomic E-state index is -1.01. The molecule has 0 saturated carbocycles. The third-order valence-corrected chi connectivity index (χ3v) is 4.27. The van der Waals surface area contributed by atoms with Gasteiger partial charge in [-0.2, -0.15) is 0 Å². The first-order valence-electron chi connectivity index (χ1n) is 6.65. The molecule has 114 valence electrons. The number of aromatic nitrogens is 2. The highest BCUT2D eigenvalue weighted by atomic mass is 32.1. The smallest absolute Gasteiger partial charge is 0.223 e. The molecule has 0 saturated heterocycles. The van der Waals surface area contributed by atoms with Crippen LogP contribution in [0.2, 0.25) is 0 Å². The second kappa shape index (κ2) is 5.58. The van der Waals surface area contributed by atoms with Gasteiger partial charge in [0, 0.05) is 28.5 Å². The van der Waals surface area contributed by atoms with E-state index in [1.165, 1.54) is 6.20 Å². The number of thiazole rings is 1. The van der Waals surface area contributed by atoms with E-state index in [1.807, 2.05) is 6.92 Å². The number of aliphatic hydroxyl groups is 1. The number of aromatic amines is 1. The Balaban J connectivity index is 2.02. The average molecular weight is 322 g/mol. The van der Waals surface area contributed by atoms with Crippen LogP contribution in [0.1, 0.15) is 40.5 Å². The van der Waals surface area contributed by atoms with Crippen LogP contribution in [0.5, 0.6) is 0 Å². The lowest BCUT2D eigenvalue weighted by Crippen LogP contribution is -2.02. The average Bonchev–Trinajstić information content (AvgIpc) is 3.13. The summed E-state index contributed by atoms with van der Waals surface area (Å²) in [6.07, 6.45) is 1.19. The third-order valence-electron chi connectivity index (χ3n) is 3.41. The molecule has 0 unspecified atom stereocenters. The number of carbonyl (C=O) groups is 1. The van der Waals surface area contributed by atoms with Crippen LogP contribution in [-0.2, 0) is 0 Å². The first kappa shape index (κ1) is 14.8. The number of fused-ring (bicyclic) bond motifs is 1. The lowest BCUT2D eigenvalue weighted by Gasteiger charge is -2.01. The van der Waals surface area contributed by atoms with E-state index in [2.05, 4.69) is 9.97 Å². The maximum atomic E-state index is 13.4. The lowest BCUT2D eigenvalue weighted by molar-refractivity contribution is 0.103. The van der Waals surface area contributed by atoms with Crippen molar-refractivity contribution in [1.29, 1.82) is 0 Å². The molecule has 0 spiro atoms. The van der Waals surface area contributed by atoms with E-state index in [1.54, 1.807) is 5.38 Å². The Morgan fingerprint density at radius 2 is 2.14 bits per heavy atom. The molecule has 0 aliphatic heterocycles. The van der Waals surface area contributed by atoms with Crippen molar-refractivity contribution in [3.05, 3.63) is 51.6 Å². The largest absolute Gasteiger partial charge is 0.387 e. The van der Waals surface area contributed by atoms with Crippen molar-refractivity contribution in [2.45, 2.75) is 19.4 Å². The van der Waals surface area contributed by atoms with Crippen molar-refractivity contribution in [2.24, 2.45) is 0 Å². The second-order valence-corrected chi connectivity index (χ2v) is 5.70. The fourth-order valence-electron chi connectivity index (χ4n) is 2.17. The van der Waals surface area contributed by atoms with Crippen LogP contribution < -0.4 is 0 Å². The number of benzene rings is 1. The standard InChI is InChI=1S/C15H12F2N2O2S/c1-2-13(20)12-6-22-15(19-12)14(21)8-5-18-11-4-10(17)9(16)3-7(8)11/h3-6,13,18,20H,2H2,1H3/t13-/m0/s1. The Morgan fingerprint density at radius 1 is 1.41 bits per heavy atom. The van der Waals surface area contributed by atoms with Crippen LogP contribution >= 0.6 is 11.3 Å². The molecule has 0 aliphatic rings. The number of hydrogen-bond donors (Lipinski definition) is 2. The van der Waals surface area contributed by atoms with Gasteiger partial charge >= 0.3 is 0 Å². The molecular weight excluding hydrogens is 310 g/mol. The molecule has 0 amide bonds. The van der Waals surface area contributed by atoms with Crippen molar-refractivity contribution in [3.63, 3.8) is 0 Å². The van der Waals surface area contributed by atoms with E-state index in [4.69, 9.17) is 0 Å². The molecule has 7 heteroatoms. The van der Waals surface area contributed by atoms with E-state index in [-0.39, 0.29) is 10.6 Å². The van der Waals surface area contributed by atoms with Crippen molar-refractivity contribution < 1.29 is 18.7 Å². The fourth-order valence-corrected chi connectivity index (χ4v) is 2.99. The van der Waals surface area contributed by atoms with Gasteiger partial charge < -0.3 is 10.1 Å². The van der Waals surface area contributed by atoms with Crippen LogP contribution in [0, 0.1) is 11.6 Å². The van der Waals surface area contributed by atoms with Crippen LogP contribution in [0.15, 0.2) is 23.7 Å². The molecular formula is C15H12F2N2O2S. The van der Waals surface area contributed by atoms with Gasteiger partial charge in [0.2, 0.25) is 5.78 Å². The van der Waals surface area contributed by atoms with Gasteiger partial charge in [0.1, 0.15) is 0 Å². The van der Waals surface area contributed by atoms with Gasteiger partial charge in [-0.1, -0.05) is 6.92 Å². The third kappa shape index (κ3) is 2.42. The van der Waals surface area contributed by atoms with Gasteiger partial charge in [0.05, 0.1) is 17.4 Å². The highest BCUT2D eigenvalue weighted by Gasteiger charge is 2.20. The summed E-state index contributed by atoms with van der Waals surface area (Å²) in [5.74, 6) is -2.38. The van der Waals surface area contributed by atoms with E-state index in [0.717, 1.165) is 23.5 Å². The molecule has 4 nitrogen and oxygen atoms in total. The molecule has 0 bridgehead atoms. The van der Waals surface area contributed by atoms with Crippen LogP contribution in [0.25, 0.3) is 10.9 Å². The number of hydrogen-bond acceptors (Lipinski definition) is 4. The molecule has 3 rings (SSSR count). The molecule has 2 N–H and O–H groups in total. The predicted octanol–water partition coefficient (Wildman–Crippen LogP) is 3.58. The van der Waals surface area contributed by atoms with E-state index in [0.29, 0.717) is 23.0 Å². The summed E-state index contributed by atoms with van der Waals surface area (Å²) >= 11 is 1.11. The maximum absolute atomic E-state index is 13.4. The highest BCUT2D eigenvalue weighted by Crippen LogP contribution is 2.26. The Bertz CT molecular complexity index is 856. The Labute approximate surface area is 128 Å². The van der Waals surface area contributed by atoms with E-state index >= 15 is 0 Å². The Hall–Kier alpha value is -2.12. The first-order chi connectivity index (χ1) is 10.5. The van der Waals surface area contributed by atoms with Gasteiger partial charge in [-0.3, -0.25) is 4.79 Å². The van der Waals surface area contributed by atoms with Gasteiger partial charge in [-0.25, -0.2) is 13.8 Å². The number of nitrogens with zero attached hydrogens (tertiary/aromatic N) is 1. The van der Waals surface area contributed by atoms with Crippen molar-refractivity contribution in [1.82, 2.24) is 9.97 Å². The van der Waals surface area contributed by atoms with Crippen LogP contribution in [0.4, 0.5) is 8.78 Å². The minimum Gasteiger partial charge on any atom is -0.387 e. The predicted molar refractivity (Wildman–Crippen MR) is 79.0 cm³/mol. The summed E-state index contributed by atoms with van der Waals surface area (Å²) in [5, 5.41) is 11.9. The fraction of sp³-hybridized carbons (Fsp3) is 0.200. The van der Waals surface area contributed by atoms with Crippen LogP contribution in [0.3, 0.4) is 0 Å². The number of aliphatic hydroxyl groups excluding tert-OH is 1. The molecule has 0 fully saturated rings. The molecule has 22 heavy (non-hydrogen) atoms. The molecule has 3 aromatic rings. The summed E-state index contributed by atoms with van der Waals surface area (Å²) < 4.78 is 26.6. The summed E-state index contributed by atoms with van der Waals surface area (Å²) in [6, 6.07) is 2.00. The normalized spacial score (nSPS) is 12.7. The van der Waals surface area contributed by atoms with Gasteiger partial charge in [0.25, 0.3) is 0 Å². The summed E-state index contributed by atoms with van der Waals surface area (Å²) in [7, 11) is 0. The van der Waals surface area contributed by atoms with Gasteiger partial charge in [-0.05, 0) is 12.5 Å². The number of halogens is 2. The molecule has 2 heterocycles. The second-order valence-electron chi connectivity index (χ2n) is 4.84. The SMILES string of the molecule is CC[C@H](O)c1csc(C(=O)c2c[nH]c3cc(F)c(F)cc23)n1. The zero-order valence-corrected chi connectivity index (χ0v) is 12.4. The molecule has 1 atom stereocenters. The summed E-state index contributed by atoms with van der Waals surface area (Å²) in [4.78, 5) is 19.3. The molecule has 0 radical (unpaired) electrons. The molecule has 1 aromatic carbocycles. The lowest BCUT2D eigenvalue weighted by atomic mass is 10.1. The van der Waals surface area contributed by atoms with E-state index < -0.39 is 23.5 Å². The van der Waals surface area contributed by atoms with Crippen molar-refractivity contribution in [2.75, 3.05) is 0 Å². The van der Waals surface area contributed by atoms with Crippen molar-refractivity contribution in [3.8, 4) is 0 Å².